The molecule has 4 heteroatoms. The second kappa shape index (κ2) is 4.27. The minimum absolute atomic E-state index is 0.441. The molecule has 15 heavy (non-hydrogen) atoms. The first-order chi connectivity index (χ1) is 7.20. The molecule has 1 heterocycles. The van der Waals surface area contributed by atoms with E-state index < -0.39 is 6.10 Å². The van der Waals surface area contributed by atoms with Crippen LogP contribution in [0.5, 0.6) is 0 Å². The van der Waals surface area contributed by atoms with Gasteiger partial charge in [0.15, 0.2) is 0 Å². The molecule has 0 aliphatic rings. The molecule has 1 N–H and O–H groups in total. The predicted octanol–water partition coefficient (Wildman–Crippen LogP) is 3.67. The third-order valence-corrected chi connectivity index (χ3v) is 2.79. The maximum Gasteiger partial charge on any atom is 0.110 e. The summed E-state index contributed by atoms with van der Waals surface area (Å²) in [5, 5.41) is 10.9. The lowest BCUT2D eigenvalue weighted by Crippen LogP contribution is -1.99. The van der Waals surface area contributed by atoms with Gasteiger partial charge in [0.1, 0.15) is 6.10 Å². The second-order valence-electron chi connectivity index (χ2n) is 3.09. The first kappa shape index (κ1) is 10.6. The molecule has 2 rings (SSSR count). The molecule has 0 saturated heterocycles. The van der Waals surface area contributed by atoms with Gasteiger partial charge >= 0.3 is 0 Å². The molecule has 78 valence electrons. The van der Waals surface area contributed by atoms with Crippen molar-refractivity contribution in [3.63, 3.8) is 0 Å². The lowest BCUT2D eigenvalue weighted by molar-refractivity contribution is 0.219. The van der Waals surface area contributed by atoms with Crippen LogP contribution in [0, 0.1) is 0 Å². The van der Waals surface area contributed by atoms with Crippen LogP contribution in [0.3, 0.4) is 0 Å². The Balaban J connectivity index is 2.46. The van der Waals surface area contributed by atoms with Crippen molar-refractivity contribution in [1.82, 2.24) is 0 Å². The van der Waals surface area contributed by atoms with Crippen LogP contribution in [0.4, 0.5) is 0 Å². The molecule has 1 unspecified atom stereocenters. The van der Waals surface area contributed by atoms with Gasteiger partial charge in [-0.2, -0.15) is 0 Å². The SMILES string of the molecule is OC(c1ccoc1)c1c(Cl)cccc1Cl. The van der Waals surface area contributed by atoms with E-state index in [0.717, 1.165) is 0 Å². The molecule has 0 aliphatic heterocycles. The summed E-state index contributed by atoms with van der Waals surface area (Å²) in [5.41, 5.74) is 1.13. The molecule has 0 saturated carbocycles. The molecular formula is C11H8Cl2O2. The zero-order valence-corrected chi connectivity index (χ0v) is 9.16. The molecule has 2 aromatic rings. The van der Waals surface area contributed by atoms with E-state index in [2.05, 4.69) is 0 Å². The Morgan fingerprint density at radius 1 is 1.13 bits per heavy atom. The summed E-state index contributed by atoms with van der Waals surface area (Å²) >= 11 is 11.9. The summed E-state index contributed by atoms with van der Waals surface area (Å²) in [6, 6.07) is 6.78. The zero-order valence-electron chi connectivity index (χ0n) is 7.65. The van der Waals surface area contributed by atoms with Crippen molar-refractivity contribution in [3.05, 3.63) is 58.0 Å². The Kier molecular flexibility index (Phi) is 3.00. The largest absolute Gasteiger partial charge is 0.472 e. The smallest absolute Gasteiger partial charge is 0.110 e. The summed E-state index contributed by atoms with van der Waals surface area (Å²) < 4.78 is 4.89. The highest BCUT2D eigenvalue weighted by molar-refractivity contribution is 6.36. The van der Waals surface area contributed by atoms with Crippen molar-refractivity contribution in [2.75, 3.05) is 0 Å². The van der Waals surface area contributed by atoms with E-state index in [0.29, 0.717) is 21.2 Å². The van der Waals surface area contributed by atoms with Crippen LogP contribution in [0.15, 0.2) is 41.2 Å². The monoisotopic (exact) mass is 242 g/mol. The van der Waals surface area contributed by atoms with E-state index in [1.54, 1.807) is 24.3 Å². The van der Waals surface area contributed by atoms with Gasteiger partial charge in [0, 0.05) is 21.2 Å². The first-order valence-corrected chi connectivity index (χ1v) is 5.10. The Bertz CT molecular complexity index is 431. The standard InChI is InChI=1S/C11H8Cl2O2/c12-8-2-1-3-9(13)10(8)11(14)7-4-5-15-6-7/h1-6,11,14H. The molecular weight excluding hydrogens is 235 g/mol. The van der Waals surface area contributed by atoms with Gasteiger partial charge in [-0.25, -0.2) is 0 Å². The average Bonchev–Trinajstić information content (AvgIpc) is 2.69. The molecule has 1 atom stereocenters. The van der Waals surface area contributed by atoms with Crippen molar-refractivity contribution in [3.8, 4) is 0 Å². The highest BCUT2D eigenvalue weighted by Crippen LogP contribution is 2.33. The topological polar surface area (TPSA) is 33.4 Å². The fourth-order valence-electron chi connectivity index (χ4n) is 1.37. The molecule has 1 aromatic carbocycles. The molecule has 0 fully saturated rings. The van der Waals surface area contributed by atoms with Gasteiger partial charge in [-0.3, -0.25) is 0 Å². The maximum absolute atomic E-state index is 10.0. The van der Waals surface area contributed by atoms with Crippen LogP contribution >= 0.6 is 23.2 Å². The van der Waals surface area contributed by atoms with Crippen molar-refractivity contribution in [2.45, 2.75) is 6.10 Å². The fraction of sp³-hybridized carbons (Fsp3) is 0.0909. The summed E-state index contributed by atoms with van der Waals surface area (Å²) in [6.45, 7) is 0. The highest BCUT2D eigenvalue weighted by Gasteiger charge is 2.17. The quantitative estimate of drug-likeness (QED) is 0.872. The van der Waals surface area contributed by atoms with Crippen LogP contribution in [-0.2, 0) is 0 Å². The number of aliphatic hydroxyl groups excluding tert-OH is 1. The van der Waals surface area contributed by atoms with Crippen molar-refractivity contribution < 1.29 is 9.52 Å². The number of rotatable bonds is 2. The molecule has 0 spiro atoms. The van der Waals surface area contributed by atoms with Crippen LogP contribution in [-0.4, -0.2) is 5.11 Å². The van der Waals surface area contributed by atoms with Gasteiger partial charge in [-0.1, -0.05) is 29.3 Å². The van der Waals surface area contributed by atoms with E-state index >= 15 is 0 Å². The number of hydrogen-bond donors (Lipinski definition) is 1. The van der Waals surface area contributed by atoms with Crippen molar-refractivity contribution in [1.29, 1.82) is 0 Å². The van der Waals surface area contributed by atoms with E-state index in [9.17, 15) is 5.11 Å². The Hall–Kier alpha value is -0.960. The third-order valence-electron chi connectivity index (χ3n) is 2.13. The van der Waals surface area contributed by atoms with Crippen molar-refractivity contribution >= 4 is 23.2 Å². The maximum atomic E-state index is 10.0. The Morgan fingerprint density at radius 2 is 1.80 bits per heavy atom. The van der Waals surface area contributed by atoms with E-state index in [1.807, 2.05) is 0 Å². The fourth-order valence-corrected chi connectivity index (χ4v) is 1.97. The summed E-state index contributed by atoms with van der Waals surface area (Å²) in [6.07, 6.45) is 2.10. The van der Waals surface area contributed by atoms with E-state index in [4.69, 9.17) is 27.6 Å². The minimum atomic E-state index is -0.857. The van der Waals surface area contributed by atoms with Gasteiger partial charge in [-0.15, -0.1) is 0 Å². The van der Waals surface area contributed by atoms with Gasteiger partial charge in [0.25, 0.3) is 0 Å². The molecule has 0 bridgehead atoms. The zero-order chi connectivity index (χ0) is 10.8. The van der Waals surface area contributed by atoms with E-state index in [-0.39, 0.29) is 0 Å². The highest BCUT2D eigenvalue weighted by atomic mass is 35.5. The van der Waals surface area contributed by atoms with Crippen LogP contribution in [0.2, 0.25) is 10.0 Å². The summed E-state index contributed by atoms with van der Waals surface area (Å²) in [5.74, 6) is 0. The van der Waals surface area contributed by atoms with Gasteiger partial charge in [-0.05, 0) is 18.2 Å². The minimum Gasteiger partial charge on any atom is -0.472 e. The number of benzene rings is 1. The number of halogens is 2. The van der Waals surface area contributed by atoms with Gasteiger partial charge in [0.2, 0.25) is 0 Å². The summed E-state index contributed by atoms with van der Waals surface area (Å²) in [7, 11) is 0. The number of furan rings is 1. The van der Waals surface area contributed by atoms with Gasteiger partial charge in [0.05, 0.1) is 12.5 Å². The second-order valence-corrected chi connectivity index (χ2v) is 3.91. The predicted molar refractivity (Wildman–Crippen MR) is 59.2 cm³/mol. The lowest BCUT2D eigenvalue weighted by Gasteiger charge is -2.12. The number of hydrogen-bond acceptors (Lipinski definition) is 2. The van der Waals surface area contributed by atoms with Gasteiger partial charge < -0.3 is 9.52 Å². The molecule has 0 radical (unpaired) electrons. The number of aliphatic hydroxyl groups is 1. The third kappa shape index (κ3) is 2.02. The summed E-state index contributed by atoms with van der Waals surface area (Å²) in [4.78, 5) is 0. The molecule has 0 amide bonds. The molecule has 0 aliphatic carbocycles. The van der Waals surface area contributed by atoms with E-state index in [1.165, 1.54) is 12.5 Å². The molecule has 1 aromatic heterocycles. The Morgan fingerprint density at radius 3 is 2.33 bits per heavy atom. The van der Waals surface area contributed by atoms with Crippen LogP contribution < -0.4 is 0 Å². The lowest BCUT2D eigenvalue weighted by atomic mass is 10.0. The normalized spacial score (nSPS) is 12.7. The van der Waals surface area contributed by atoms with Crippen LogP contribution in [0.25, 0.3) is 0 Å². The van der Waals surface area contributed by atoms with Crippen LogP contribution in [0.1, 0.15) is 17.2 Å². The van der Waals surface area contributed by atoms with Crippen molar-refractivity contribution in [2.24, 2.45) is 0 Å². The average molecular weight is 243 g/mol. The first-order valence-electron chi connectivity index (χ1n) is 4.34. The Labute approximate surface area is 97.0 Å². The molecule has 2 nitrogen and oxygen atoms in total.